The van der Waals surface area contributed by atoms with Gasteiger partial charge in [0.2, 0.25) is 10.0 Å². The molecular formula is C12H15NO3S. The Morgan fingerprint density at radius 3 is 2.18 bits per heavy atom. The maximum absolute atomic E-state index is 12.0. The van der Waals surface area contributed by atoms with Crippen molar-refractivity contribution in [2.75, 3.05) is 0 Å². The first-order chi connectivity index (χ1) is 7.82. The first-order valence-electron chi connectivity index (χ1n) is 5.47. The summed E-state index contributed by atoms with van der Waals surface area (Å²) < 4.78 is 26.6. The number of carbonyl (C=O) groups excluding carboxylic acids is 1. The SMILES string of the molecule is CC(=O)c1ccc(S(=O)(=O)NC2(C)CC2)cc1. The summed E-state index contributed by atoms with van der Waals surface area (Å²) in [6.45, 7) is 3.33. The highest BCUT2D eigenvalue weighted by Gasteiger charge is 2.41. The fourth-order valence-electron chi connectivity index (χ4n) is 1.54. The topological polar surface area (TPSA) is 63.2 Å². The smallest absolute Gasteiger partial charge is 0.241 e. The lowest BCUT2D eigenvalue weighted by Gasteiger charge is -2.12. The molecule has 92 valence electrons. The van der Waals surface area contributed by atoms with E-state index in [2.05, 4.69) is 4.72 Å². The van der Waals surface area contributed by atoms with Crippen LogP contribution in [0.15, 0.2) is 29.2 Å². The van der Waals surface area contributed by atoms with E-state index < -0.39 is 10.0 Å². The van der Waals surface area contributed by atoms with Crippen LogP contribution >= 0.6 is 0 Å². The molecule has 1 N–H and O–H groups in total. The number of ketones is 1. The fraction of sp³-hybridized carbons (Fsp3) is 0.417. The van der Waals surface area contributed by atoms with Gasteiger partial charge in [-0.05, 0) is 38.8 Å². The van der Waals surface area contributed by atoms with E-state index in [-0.39, 0.29) is 16.2 Å². The van der Waals surface area contributed by atoms with Crippen LogP contribution in [0, 0.1) is 0 Å². The number of benzene rings is 1. The lowest BCUT2D eigenvalue weighted by Crippen LogP contribution is -2.34. The van der Waals surface area contributed by atoms with Crippen LogP contribution in [-0.4, -0.2) is 19.7 Å². The minimum atomic E-state index is -3.46. The van der Waals surface area contributed by atoms with Crippen LogP contribution in [0.25, 0.3) is 0 Å². The first-order valence-corrected chi connectivity index (χ1v) is 6.96. The number of nitrogens with one attached hydrogen (secondary N) is 1. The molecule has 0 amide bonds. The maximum atomic E-state index is 12.0. The molecule has 1 saturated carbocycles. The van der Waals surface area contributed by atoms with E-state index >= 15 is 0 Å². The number of hydrogen-bond donors (Lipinski definition) is 1. The van der Waals surface area contributed by atoms with Crippen molar-refractivity contribution in [3.63, 3.8) is 0 Å². The first kappa shape index (κ1) is 12.3. The monoisotopic (exact) mass is 253 g/mol. The van der Waals surface area contributed by atoms with E-state index in [0.29, 0.717) is 5.56 Å². The number of carbonyl (C=O) groups is 1. The maximum Gasteiger partial charge on any atom is 0.241 e. The van der Waals surface area contributed by atoms with Gasteiger partial charge in [0.25, 0.3) is 0 Å². The Morgan fingerprint density at radius 2 is 1.76 bits per heavy atom. The molecule has 0 heterocycles. The van der Waals surface area contributed by atoms with Crippen molar-refractivity contribution in [3.05, 3.63) is 29.8 Å². The quantitative estimate of drug-likeness (QED) is 0.831. The fourth-order valence-corrected chi connectivity index (χ4v) is 3.01. The summed E-state index contributed by atoms with van der Waals surface area (Å²) in [5, 5.41) is 0. The van der Waals surface area contributed by atoms with Gasteiger partial charge in [0.05, 0.1) is 4.90 Å². The van der Waals surface area contributed by atoms with Gasteiger partial charge in [-0.3, -0.25) is 4.79 Å². The van der Waals surface area contributed by atoms with Gasteiger partial charge in [-0.15, -0.1) is 0 Å². The predicted octanol–water partition coefficient (Wildman–Crippen LogP) is 1.72. The molecule has 0 radical (unpaired) electrons. The Bertz CT molecular complexity index is 542. The molecule has 1 fully saturated rings. The van der Waals surface area contributed by atoms with Gasteiger partial charge in [-0.1, -0.05) is 12.1 Å². The minimum Gasteiger partial charge on any atom is -0.295 e. The van der Waals surface area contributed by atoms with Crippen LogP contribution < -0.4 is 4.72 Å². The van der Waals surface area contributed by atoms with Crippen molar-refractivity contribution in [2.45, 2.75) is 37.1 Å². The summed E-state index contributed by atoms with van der Waals surface area (Å²) >= 11 is 0. The third kappa shape index (κ3) is 2.73. The highest BCUT2D eigenvalue weighted by molar-refractivity contribution is 7.89. The molecule has 1 aromatic rings. The van der Waals surface area contributed by atoms with Gasteiger partial charge in [0, 0.05) is 11.1 Å². The summed E-state index contributed by atoms with van der Waals surface area (Å²) in [5.41, 5.74) is 0.236. The van der Waals surface area contributed by atoms with Crippen molar-refractivity contribution < 1.29 is 13.2 Å². The van der Waals surface area contributed by atoms with Gasteiger partial charge in [-0.25, -0.2) is 13.1 Å². The molecule has 0 saturated heterocycles. The Hall–Kier alpha value is -1.20. The lowest BCUT2D eigenvalue weighted by molar-refractivity contribution is 0.101. The van der Waals surface area contributed by atoms with Crippen molar-refractivity contribution in [1.82, 2.24) is 4.72 Å². The van der Waals surface area contributed by atoms with Crippen LogP contribution in [0.5, 0.6) is 0 Å². The van der Waals surface area contributed by atoms with E-state index in [0.717, 1.165) is 12.8 Å². The van der Waals surface area contributed by atoms with Crippen LogP contribution in [0.1, 0.15) is 37.0 Å². The molecule has 1 aliphatic carbocycles. The van der Waals surface area contributed by atoms with Crippen molar-refractivity contribution in [1.29, 1.82) is 0 Å². The number of rotatable bonds is 4. The summed E-state index contributed by atoms with van der Waals surface area (Å²) in [7, 11) is -3.46. The molecule has 0 spiro atoms. The number of Topliss-reactive ketones (excluding diaryl/α,β-unsaturated/α-hetero) is 1. The summed E-state index contributed by atoms with van der Waals surface area (Å²) in [5.74, 6) is -0.0731. The third-order valence-electron chi connectivity index (χ3n) is 2.95. The molecule has 0 aromatic heterocycles. The number of sulfonamides is 1. The molecule has 1 aliphatic rings. The number of hydrogen-bond acceptors (Lipinski definition) is 3. The second-order valence-corrected chi connectivity index (χ2v) is 6.43. The molecule has 0 unspecified atom stereocenters. The zero-order valence-corrected chi connectivity index (χ0v) is 10.7. The molecule has 0 atom stereocenters. The lowest BCUT2D eigenvalue weighted by atomic mass is 10.2. The van der Waals surface area contributed by atoms with Crippen molar-refractivity contribution in [2.24, 2.45) is 0 Å². The Labute approximate surface area is 101 Å². The van der Waals surface area contributed by atoms with E-state index in [1.165, 1.54) is 31.2 Å². The summed E-state index contributed by atoms with van der Waals surface area (Å²) in [6, 6.07) is 5.99. The van der Waals surface area contributed by atoms with Gasteiger partial charge in [0.15, 0.2) is 5.78 Å². The van der Waals surface area contributed by atoms with Gasteiger partial charge >= 0.3 is 0 Å². The Balaban J connectivity index is 2.24. The Kier molecular flexibility index (Phi) is 2.83. The second kappa shape index (κ2) is 3.92. The molecule has 2 rings (SSSR count). The van der Waals surface area contributed by atoms with E-state index in [4.69, 9.17) is 0 Å². The van der Waals surface area contributed by atoms with Crippen LogP contribution in [0.4, 0.5) is 0 Å². The zero-order chi connectivity index (χ0) is 12.7. The normalized spacial score (nSPS) is 17.8. The standard InChI is InChI=1S/C12H15NO3S/c1-9(14)10-3-5-11(6-4-10)17(15,16)13-12(2)7-8-12/h3-6,13H,7-8H2,1-2H3. The largest absolute Gasteiger partial charge is 0.295 e. The molecule has 0 aliphatic heterocycles. The zero-order valence-electron chi connectivity index (χ0n) is 9.86. The highest BCUT2D eigenvalue weighted by atomic mass is 32.2. The van der Waals surface area contributed by atoms with E-state index in [1.807, 2.05) is 6.92 Å². The van der Waals surface area contributed by atoms with Crippen LogP contribution in [-0.2, 0) is 10.0 Å². The Morgan fingerprint density at radius 1 is 1.24 bits per heavy atom. The molecule has 4 nitrogen and oxygen atoms in total. The van der Waals surface area contributed by atoms with E-state index in [1.54, 1.807) is 0 Å². The van der Waals surface area contributed by atoms with Crippen molar-refractivity contribution in [3.8, 4) is 0 Å². The van der Waals surface area contributed by atoms with Gasteiger partial charge in [0.1, 0.15) is 0 Å². The molecule has 1 aromatic carbocycles. The molecule has 0 bridgehead atoms. The highest BCUT2D eigenvalue weighted by Crippen LogP contribution is 2.35. The molecule has 5 heteroatoms. The van der Waals surface area contributed by atoms with Crippen LogP contribution in [0.2, 0.25) is 0 Å². The molecular weight excluding hydrogens is 238 g/mol. The predicted molar refractivity (Wildman–Crippen MR) is 64.4 cm³/mol. The summed E-state index contributed by atoms with van der Waals surface area (Å²) in [4.78, 5) is 11.3. The minimum absolute atomic E-state index is 0.0731. The van der Waals surface area contributed by atoms with Gasteiger partial charge in [-0.2, -0.15) is 0 Å². The average molecular weight is 253 g/mol. The van der Waals surface area contributed by atoms with Crippen LogP contribution in [0.3, 0.4) is 0 Å². The van der Waals surface area contributed by atoms with Crippen molar-refractivity contribution >= 4 is 15.8 Å². The summed E-state index contributed by atoms with van der Waals surface area (Å²) in [6.07, 6.45) is 1.75. The van der Waals surface area contributed by atoms with E-state index in [9.17, 15) is 13.2 Å². The molecule has 17 heavy (non-hydrogen) atoms. The second-order valence-electron chi connectivity index (χ2n) is 4.75. The van der Waals surface area contributed by atoms with Gasteiger partial charge < -0.3 is 0 Å². The third-order valence-corrected chi connectivity index (χ3v) is 4.61. The average Bonchev–Trinajstić information content (AvgIpc) is 2.95.